The van der Waals surface area contributed by atoms with Gasteiger partial charge in [0.25, 0.3) is 0 Å². The lowest BCUT2D eigenvalue weighted by atomic mass is 10.1. The molecule has 0 saturated carbocycles. The molecule has 114 valence electrons. The molecule has 0 N–H and O–H groups in total. The van der Waals surface area contributed by atoms with Gasteiger partial charge in [-0.2, -0.15) is 0 Å². The van der Waals surface area contributed by atoms with Crippen LogP contribution in [0.5, 0.6) is 11.5 Å². The summed E-state index contributed by atoms with van der Waals surface area (Å²) >= 11 is 0. The highest BCUT2D eigenvalue weighted by Gasteiger charge is 2.40. The Bertz CT molecular complexity index is 647. The molecule has 0 aromatic heterocycles. The second-order valence-corrected chi connectivity index (χ2v) is 5.69. The van der Waals surface area contributed by atoms with Crippen LogP contribution in [0.15, 0.2) is 54.6 Å². The van der Waals surface area contributed by atoms with Gasteiger partial charge in [-0.3, -0.25) is 0 Å². The molecular formula is C18H18O4. The van der Waals surface area contributed by atoms with Crippen molar-refractivity contribution in [3.05, 3.63) is 60.2 Å². The van der Waals surface area contributed by atoms with E-state index in [0.29, 0.717) is 6.42 Å². The molecule has 0 amide bonds. The van der Waals surface area contributed by atoms with Crippen LogP contribution in [0.1, 0.15) is 19.4 Å². The van der Waals surface area contributed by atoms with Gasteiger partial charge in [0.15, 0.2) is 6.10 Å². The van der Waals surface area contributed by atoms with Crippen LogP contribution in [0.25, 0.3) is 0 Å². The first kappa shape index (κ1) is 14.6. The molecule has 3 rings (SSSR count). The quantitative estimate of drug-likeness (QED) is 0.807. The van der Waals surface area contributed by atoms with Crippen molar-refractivity contribution in [2.45, 2.75) is 32.2 Å². The maximum Gasteiger partial charge on any atom is 0.338 e. The number of para-hydroxylation sites is 1. The third kappa shape index (κ3) is 3.46. The van der Waals surface area contributed by atoms with E-state index < -0.39 is 11.9 Å². The number of cyclic esters (lactones) is 1. The molecule has 2 aromatic carbocycles. The van der Waals surface area contributed by atoms with Crippen molar-refractivity contribution in [2.75, 3.05) is 0 Å². The van der Waals surface area contributed by atoms with Crippen molar-refractivity contribution in [3.63, 3.8) is 0 Å². The second-order valence-electron chi connectivity index (χ2n) is 5.69. The van der Waals surface area contributed by atoms with Gasteiger partial charge in [-0.15, -0.1) is 0 Å². The summed E-state index contributed by atoms with van der Waals surface area (Å²) in [6.45, 7) is 3.48. The van der Waals surface area contributed by atoms with E-state index in [1.807, 2.05) is 54.6 Å². The maximum absolute atomic E-state index is 11.7. The van der Waals surface area contributed by atoms with Crippen LogP contribution in [0.4, 0.5) is 0 Å². The van der Waals surface area contributed by atoms with Crippen molar-refractivity contribution in [3.8, 4) is 11.5 Å². The number of ether oxygens (including phenoxy) is 3. The molecule has 4 heteroatoms. The van der Waals surface area contributed by atoms with Crippen molar-refractivity contribution in [1.82, 2.24) is 0 Å². The van der Waals surface area contributed by atoms with Crippen LogP contribution >= 0.6 is 0 Å². The number of hydrogen-bond acceptors (Lipinski definition) is 4. The molecule has 0 aliphatic carbocycles. The summed E-state index contributed by atoms with van der Waals surface area (Å²) in [5, 5.41) is 0. The minimum Gasteiger partial charge on any atom is -0.457 e. The standard InChI is InChI=1S/C18H18O4/c1-18(2)21-16(17(19)22-18)12-13-8-10-15(11-9-13)20-14-6-4-3-5-7-14/h3-11,16H,12H2,1-2H3. The van der Waals surface area contributed by atoms with E-state index in [4.69, 9.17) is 14.2 Å². The fourth-order valence-corrected chi connectivity index (χ4v) is 2.38. The zero-order chi connectivity index (χ0) is 15.6. The molecule has 0 spiro atoms. The third-order valence-corrected chi connectivity index (χ3v) is 3.36. The molecule has 1 unspecified atom stereocenters. The van der Waals surface area contributed by atoms with Crippen LogP contribution < -0.4 is 4.74 Å². The zero-order valence-corrected chi connectivity index (χ0v) is 12.6. The average Bonchev–Trinajstić information content (AvgIpc) is 2.74. The molecule has 1 fully saturated rings. The number of carbonyl (C=O) groups is 1. The van der Waals surface area contributed by atoms with Crippen LogP contribution in [0.2, 0.25) is 0 Å². The Balaban J connectivity index is 1.64. The highest BCUT2D eigenvalue weighted by atomic mass is 16.8. The third-order valence-electron chi connectivity index (χ3n) is 3.36. The van der Waals surface area contributed by atoms with Crippen molar-refractivity contribution >= 4 is 5.97 Å². The van der Waals surface area contributed by atoms with Crippen molar-refractivity contribution in [1.29, 1.82) is 0 Å². The average molecular weight is 298 g/mol. The Labute approximate surface area is 129 Å². The molecule has 1 heterocycles. The fraction of sp³-hybridized carbons (Fsp3) is 0.278. The van der Waals surface area contributed by atoms with E-state index in [1.165, 1.54) is 0 Å². The molecule has 4 nitrogen and oxygen atoms in total. The Hall–Kier alpha value is -2.33. The molecule has 1 aliphatic heterocycles. The highest BCUT2D eigenvalue weighted by molar-refractivity contribution is 5.77. The van der Waals surface area contributed by atoms with Gasteiger partial charge in [-0.05, 0) is 29.8 Å². The first-order chi connectivity index (χ1) is 10.5. The Morgan fingerprint density at radius 3 is 2.23 bits per heavy atom. The predicted octanol–water partition coefficient (Wildman–Crippen LogP) is 3.70. The van der Waals surface area contributed by atoms with E-state index in [1.54, 1.807) is 13.8 Å². The molecule has 2 aromatic rings. The van der Waals surface area contributed by atoms with Gasteiger partial charge in [-0.25, -0.2) is 4.79 Å². The van der Waals surface area contributed by atoms with Crippen molar-refractivity contribution < 1.29 is 19.0 Å². The monoisotopic (exact) mass is 298 g/mol. The summed E-state index contributed by atoms with van der Waals surface area (Å²) in [5.74, 6) is 0.400. The minimum atomic E-state index is -0.835. The molecule has 1 atom stereocenters. The van der Waals surface area contributed by atoms with Crippen LogP contribution in [0, 0.1) is 0 Å². The normalized spacial score (nSPS) is 19.7. The van der Waals surface area contributed by atoms with Gasteiger partial charge in [0.2, 0.25) is 5.79 Å². The van der Waals surface area contributed by atoms with Gasteiger partial charge in [-0.1, -0.05) is 30.3 Å². The Morgan fingerprint density at radius 1 is 1.00 bits per heavy atom. The lowest BCUT2D eigenvalue weighted by Crippen LogP contribution is -2.22. The second kappa shape index (κ2) is 5.81. The fourth-order valence-electron chi connectivity index (χ4n) is 2.38. The number of carbonyl (C=O) groups excluding carboxylic acids is 1. The van der Waals surface area contributed by atoms with E-state index in [-0.39, 0.29) is 5.97 Å². The minimum absolute atomic E-state index is 0.311. The van der Waals surface area contributed by atoms with Gasteiger partial charge in [0.05, 0.1) is 0 Å². The Kier molecular flexibility index (Phi) is 3.86. The topological polar surface area (TPSA) is 44.8 Å². The first-order valence-electron chi connectivity index (χ1n) is 7.24. The maximum atomic E-state index is 11.7. The summed E-state index contributed by atoms with van der Waals surface area (Å²) in [6.07, 6.45) is -0.0515. The van der Waals surface area contributed by atoms with Crippen LogP contribution in [-0.2, 0) is 20.7 Å². The zero-order valence-electron chi connectivity index (χ0n) is 12.6. The van der Waals surface area contributed by atoms with Crippen LogP contribution in [0.3, 0.4) is 0 Å². The van der Waals surface area contributed by atoms with E-state index >= 15 is 0 Å². The summed E-state index contributed by atoms with van der Waals surface area (Å²) in [5.41, 5.74) is 1.00. The first-order valence-corrected chi connectivity index (χ1v) is 7.24. The summed E-state index contributed by atoms with van der Waals surface area (Å²) in [7, 11) is 0. The summed E-state index contributed by atoms with van der Waals surface area (Å²) < 4.78 is 16.5. The molecule has 0 radical (unpaired) electrons. The molecule has 22 heavy (non-hydrogen) atoms. The van der Waals surface area contributed by atoms with E-state index in [0.717, 1.165) is 17.1 Å². The number of benzene rings is 2. The van der Waals surface area contributed by atoms with Gasteiger partial charge < -0.3 is 14.2 Å². The molecule has 0 bridgehead atoms. The lowest BCUT2D eigenvalue weighted by Gasteiger charge is -2.15. The van der Waals surface area contributed by atoms with Crippen LogP contribution in [-0.4, -0.2) is 17.9 Å². The molecule has 1 saturated heterocycles. The predicted molar refractivity (Wildman–Crippen MR) is 81.7 cm³/mol. The van der Waals surface area contributed by atoms with Gasteiger partial charge in [0.1, 0.15) is 11.5 Å². The number of esters is 1. The number of hydrogen-bond donors (Lipinski definition) is 0. The van der Waals surface area contributed by atoms with Gasteiger partial charge in [0, 0.05) is 20.3 Å². The van der Waals surface area contributed by atoms with Gasteiger partial charge >= 0.3 is 5.97 Å². The summed E-state index contributed by atoms with van der Waals surface area (Å²) in [6, 6.07) is 17.2. The SMILES string of the molecule is CC1(C)OC(=O)C(Cc2ccc(Oc3ccccc3)cc2)O1. The molecular weight excluding hydrogens is 280 g/mol. The van der Waals surface area contributed by atoms with E-state index in [2.05, 4.69) is 0 Å². The largest absolute Gasteiger partial charge is 0.457 e. The molecule has 1 aliphatic rings. The Morgan fingerprint density at radius 2 is 1.64 bits per heavy atom. The van der Waals surface area contributed by atoms with Crippen molar-refractivity contribution in [2.24, 2.45) is 0 Å². The number of rotatable bonds is 4. The smallest absolute Gasteiger partial charge is 0.338 e. The lowest BCUT2D eigenvalue weighted by molar-refractivity contribution is -0.160. The highest BCUT2D eigenvalue weighted by Crippen LogP contribution is 2.27. The van der Waals surface area contributed by atoms with E-state index in [9.17, 15) is 4.79 Å². The summed E-state index contributed by atoms with van der Waals surface area (Å²) in [4.78, 5) is 11.7.